The molecule has 0 aliphatic carbocycles. The molecule has 150 valence electrons. The molecule has 5 heteroatoms. The fourth-order valence-corrected chi connectivity index (χ4v) is 4.60. The van der Waals surface area contributed by atoms with E-state index in [1.807, 2.05) is 61.5 Å². The molecule has 0 spiro atoms. The van der Waals surface area contributed by atoms with Crippen LogP contribution in [-0.2, 0) is 0 Å². The first kappa shape index (κ1) is 20.0. The predicted molar refractivity (Wildman–Crippen MR) is 122 cm³/mol. The van der Waals surface area contributed by atoms with Crippen molar-refractivity contribution >= 4 is 17.2 Å². The minimum absolute atomic E-state index is 0.0554. The van der Waals surface area contributed by atoms with Crippen molar-refractivity contribution in [2.24, 2.45) is 0 Å². The van der Waals surface area contributed by atoms with Crippen LogP contribution in [0.15, 0.2) is 85.1 Å². The van der Waals surface area contributed by atoms with E-state index in [1.54, 1.807) is 6.20 Å². The number of aryl methyl sites for hydroxylation is 1. The average Bonchev–Trinajstić information content (AvgIpc) is 3.18. The Morgan fingerprint density at radius 2 is 1.50 bits per heavy atom. The normalized spacial score (nSPS) is 12.0. The number of benzene rings is 2. The Balaban J connectivity index is 1.59. The molecule has 0 saturated heterocycles. The monoisotopic (exact) mass is 413 g/mol. The Morgan fingerprint density at radius 3 is 2.07 bits per heavy atom. The number of pyridine rings is 1. The first-order chi connectivity index (χ1) is 14.6. The molecule has 2 aromatic heterocycles. The summed E-state index contributed by atoms with van der Waals surface area (Å²) in [6.07, 6.45) is 1.73. The highest BCUT2D eigenvalue weighted by molar-refractivity contribution is 7.17. The quantitative estimate of drug-likeness (QED) is 0.456. The van der Waals surface area contributed by atoms with Crippen LogP contribution in [-0.4, -0.2) is 21.9 Å². The summed E-state index contributed by atoms with van der Waals surface area (Å²) in [4.78, 5) is 22.7. The van der Waals surface area contributed by atoms with Crippen molar-refractivity contribution in [2.45, 2.75) is 25.8 Å². The van der Waals surface area contributed by atoms with E-state index in [4.69, 9.17) is 0 Å². The van der Waals surface area contributed by atoms with Crippen molar-refractivity contribution in [3.8, 4) is 10.7 Å². The van der Waals surface area contributed by atoms with Gasteiger partial charge < -0.3 is 5.32 Å². The molecule has 0 fully saturated rings. The second-order valence-corrected chi connectivity index (χ2v) is 8.21. The number of nitrogens with one attached hydrogen (secondary N) is 1. The third-order valence-corrected chi connectivity index (χ3v) is 6.24. The highest BCUT2D eigenvalue weighted by Crippen LogP contribution is 2.30. The summed E-state index contributed by atoms with van der Waals surface area (Å²) in [5, 5.41) is 3.97. The molecular formula is C25H23N3OS. The number of carbonyl (C=O) groups excluding carboxylic acids is 1. The Morgan fingerprint density at radius 1 is 0.900 bits per heavy atom. The molecule has 1 unspecified atom stereocenters. The molecule has 4 rings (SSSR count). The molecule has 30 heavy (non-hydrogen) atoms. The van der Waals surface area contributed by atoms with Crippen LogP contribution in [0.4, 0.5) is 0 Å². The summed E-state index contributed by atoms with van der Waals surface area (Å²) in [7, 11) is 0. The number of aromatic nitrogens is 2. The van der Waals surface area contributed by atoms with E-state index in [-0.39, 0.29) is 17.9 Å². The molecule has 2 heterocycles. The van der Waals surface area contributed by atoms with Gasteiger partial charge in [-0.1, -0.05) is 66.7 Å². The van der Waals surface area contributed by atoms with E-state index in [9.17, 15) is 4.79 Å². The fraction of sp³-hybridized carbons (Fsp3) is 0.160. The van der Waals surface area contributed by atoms with Gasteiger partial charge in [0, 0.05) is 18.2 Å². The zero-order valence-corrected chi connectivity index (χ0v) is 17.8. The van der Waals surface area contributed by atoms with Crippen LogP contribution in [0.5, 0.6) is 0 Å². The van der Waals surface area contributed by atoms with E-state index in [2.05, 4.69) is 46.5 Å². The number of carbonyl (C=O) groups is 1. The van der Waals surface area contributed by atoms with Crippen LogP contribution in [0, 0.1) is 6.92 Å². The van der Waals surface area contributed by atoms with Crippen molar-refractivity contribution in [3.63, 3.8) is 0 Å². The molecule has 0 aliphatic rings. The van der Waals surface area contributed by atoms with Gasteiger partial charge in [0.1, 0.15) is 9.88 Å². The first-order valence-electron chi connectivity index (χ1n) is 9.93. The number of rotatable bonds is 6. The number of amides is 1. The van der Waals surface area contributed by atoms with Gasteiger partial charge in [0.2, 0.25) is 0 Å². The summed E-state index contributed by atoms with van der Waals surface area (Å²) in [6, 6.07) is 26.2. The van der Waals surface area contributed by atoms with E-state index in [1.165, 1.54) is 22.5 Å². The molecular weight excluding hydrogens is 390 g/mol. The van der Waals surface area contributed by atoms with Gasteiger partial charge in [-0.3, -0.25) is 9.78 Å². The lowest BCUT2D eigenvalue weighted by Crippen LogP contribution is -2.37. The first-order valence-corrected chi connectivity index (χ1v) is 10.7. The average molecular weight is 414 g/mol. The number of thiazole rings is 1. The lowest BCUT2D eigenvalue weighted by Gasteiger charge is -2.26. The van der Waals surface area contributed by atoms with Gasteiger partial charge in [-0.15, -0.1) is 11.3 Å². The lowest BCUT2D eigenvalue weighted by atomic mass is 9.86. The lowest BCUT2D eigenvalue weighted by molar-refractivity contribution is 0.0940. The zero-order chi connectivity index (χ0) is 20.9. The molecule has 1 atom stereocenters. The Hall–Kier alpha value is -3.31. The van der Waals surface area contributed by atoms with Crippen molar-refractivity contribution in [1.82, 2.24) is 15.3 Å². The van der Waals surface area contributed by atoms with Gasteiger partial charge in [-0.25, -0.2) is 4.98 Å². The number of hydrogen-bond donors (Lipinski definition) is 1. The van der Waals surface area contributed by atoms with E-state index < -0.39 is 0 Å². The maximum Gasteiger partial charge on any atom is 0.263 e. The van der Waals surface area contributed by atoms with Crippen LogP contribution in [0.2, 0.25) is 0 Å². The molecule has 0 radical (unpaired) electrons. The van der Waals surface area contributed by atoms with Crippen LogP contribution >= 0.6 is 11.3 Å². The van der Waals surface area contributed by atoms with Gasteiger partial charge in [-0.2, -0.15) is 0 Å². The highest BCUT2D eigenvalue weighted by Gasteiger charge is 2.25. The van der Waals surface area contributed by atoms with Crippen molar-refractivity contribution in [2.75, 3.05) is 0 Å². The maximum atomic E-state index is 13.1. The molecule has 1 amide bonds. The van der Waals surface area contributed by atoms with Crippen LogP contribution < -0.4 is 5.32 Å². The standard InChI is InChI=1S/C25H23N3OS/c1-17(22(19-11-5-3-6-12-19)20-13-7-4-8-14-20)27-24(29)23-18(2)28-25(30-23)21-15-9-10-16-26-21/h3-17,22H,1-2H3,(H,27,29). The second-order valence-electron chi connectivity index (χ2n) is 7.21. The molecule has 1 N–H and O–H groups in total. The third kappa shape index (κ3) is 4.31. The summed E-state index contributed by atoms with van der Waals surface area (Å²) >= 11 is 1.38. The fourth-order valence-electron chi connectivity index (χ4n) is 3.65. The number of hydrogen-bond acceptors (Lipinski definition) is 4. The van der Waals surface area contributed by atoms with Crippen molar-refractivity contribution < 1.29 is 4.79 Å². The molecule has 2 aromatic carbocycles. The third-order valence-electron chi connectivity index (χ3n) is 5.06. The van der Waals surface area contributed by atoms with Gasteiger partial charge in [0.05, 0.1) is 11.4 Å². The smallest absolute Gasteiger partial charge is 0.263 e. The Kier molecular flexibility index (Phi) is 6.00. The van der Waals surface area contributed by atoms with Gasteiger partial charge in [0.25, 0.3) is 5.91 Å². The molecule has 0 saturated carbocycles. The molecule has 0 bridgehead atoms. The summed E-state index contributed by atoms with van der Waals surface area (Å²) in [5.41, 5.74) is 3.85. The predicted octanol–water partition coefficient (Wildman–Crippen LogP) is 5.46. The largest absolute Gasteiger partial charge is 0.348 e. The van der Waals surface area contributed by atoms with E-state index >= 15 is 0 Å². The minimum Gasteiger partial charge on any atom is -0.348 e. The molecule has 0 aliphatic heterocycles. The Bertz CT molecular complexity index is 1070. The van der Waals surface area contributed by atoms with Crippen molar-refractivity contribution in [1.29, 1.82) is 0 Å². The van der Waals surface area contributed by atoms with Crippen LogP contribution in [0.25, 0.3) is 10.7 Å². The number of nitrogens with zero attached hydrogens (tertiary/aromatic N) is 2. The second kappa shape index (κ2) is 9.01. The summed E-state index contributed by atoms with van der Waals surface area (Å²) in [5.74, 6) is -0.0450. The maximum absolute atomic E-state index is 13.1. The summed E-state index contributed by atoms with van der Waals surface area (Å²) in [6.45, 7) is 3.92. The minimum atomic E-state index is -0.100. The van der Waals surface area contributed by atoms with Gasteiger partial charge in [-0.05, 0) is 37.1 Å². The topological polar surface area (TPSA) is 54.9 Å². The van der Waals surface area contributed by atoms with E-state index in [0.717, 1.165) is 16.4 Å². The summed E-state index contributed by atoms with van der Waals surface area (Å²) < 4.78 is 0. The van der Waals surface area contributed by atoms with Gasteiger partial charge in [0.15, 0.2) is 0 Å². The highest BCUT2D eigenvalue weighted by atomic mass is 32.1. The van der Waals surface area contributed by atoms with E-state index in [0.29, 0.717) is 4.88 Å². The SMILES string of the molecule is Cc1nc(-c2ccccn2)sc1C(=O)NC(C)C(c1ccccc1)c1ccccc1. The Labute approximate surface area is 180 Å². The van der Waals surface area contributed by atoms with Crippen LogP contribution in [0.1, 0.15) is 39.3 Å². The van der Waals surface area contributed by atoms with Gasteiger partial charge >= 0.3 is 0 Å². The molecule has 4 nitrogen and oxygen atoms in total. The zero-order valence-electron chi connectivity index (χ0n) is 16.9. The van der Waals surface area contributed by atoms with Crippen molar-refractivity contribution in [3.05, 3.63) is 107 Å². The van der Waals surface area contributed by atoms with Crippen LogP contribution in [0.3, 0.4) is 0 Å². The molecule has 4 aromatic rings.